The minimum atomic E-state index is -4.81. The molecule has 0 unspecified atom stereocenters. The van der Waals surface area contributed by atoms with Gasteiger partial charge in [-0.25, -0.2) is 0 Å². The molecule has 3 aromatic carbocycles. The summed E-state index contributed by atoms with van der Waals surface area (Å²) in [7, 11) is 1.51. The summed E-state index contributed by atoms with van der Waals surface area (Å²) in [5, 5.41) is 2.90. The van der Waals surface area contributed by atoms with Crippen LogP contribution in [0, 0.1) is 0 Å². The van der Waals surface area contributed by atoms with Crippen molar-refractivity contribution in [1.82, 2.24) is 4.90 Å². The predicted octanol–water partition coefficient (Wildman–Crippen LogP) is 4.99. The average Bonchev–Trinajstić information content (AvgIpc) is 3.04. The molecule has 174 valence electrons. The van der Waals surface area contributed by atoms with Crippen molar-refractivity contribution in [2.45, 2.75) is 12.9 Å². The van der Waals surface area contributed by atoms with Gasteiger partial charge in [0.05, 0.1) is 19.2 Å². The molecule has 3 aromatic rings. The molecule has 0 atom stereocenters. The van der Waals surface area contributed by atoms with E-state index in [0.29, 0.717) is 17.0 Å². The van der Waals surface area contributed by atoms with E-state index >= 15 is 0 Å². The number of carbonyl (C=O) groups excluding carboxylic acids is 2. The summed E-state index contributed by atoms with van der Waals surface area (Å²) in [6.45, 7) is 0.0711. The number of benzene rings is 3. The van der Waals surface area contributed by atoms with Crippen LogP contribution in [0.25, 0.3) is 5.57 Å². The zero-order chi connectivity index (χ0) is 24.3. The molecule has 0 saturated carbocycles. The number of alkyl halides is 3. The first-order valence-electron chi connectivity index (χ1n) is 10.2. The number of hydrogen-bond acceptors (Lipinski definition) is 5. The van der Waals surface area contributed by atoms with Gasteiger partial charge in [-0.15, -0.1) is 13.2 Å². The second-order valence-electron chi connectivity index (χ2n) is 7.36. The molecule has 1 N–H and O–H groups in total. The third-order valence-electron chi connectivity index (χ3n) is 5.09. The lowest BCUT2D eigenvalue weighted by molar-refractivity contribution is -0.274. The number of ether oxygens (including phenoxy) is 2. The molecule has 0 spiro atoms. The van der Waals surface area contributed by atoms with E-state index in [2.05, 4.69) is 10.1 Å². The molecule has 9 heteroatoms. The largest absolute Gasteiger partial charge is 0.573 e. The Balaban J connectivity index is 1.67. The molecule has 34 heavy (non-hydrogen) atoms. The highest BCUT2D eigenvalue weighted by molar-refractivity contribution is 6.36. The van der Waals surface area contributed by atoms with Crippen LogP contribution < -0.4 is 14.8 Å². The third kappa shape index (κ3) is 5.03. The summed E-state index contributed by atoms with van der Waals surface area (Å²) in [5.41, 5.74) is 1.76. The number of imide groups is 1. The molecule has 0 aromatic heterocycles. The fourth-order valence-electron chi connectivity index (χ4n) is 3.51. The lowest BCUT2D eigenvalue weighted by Crippen LogP contribution is -2.31. The topological polar surface area (TPSA) is 67.9 Å². The molecule has 0 radical (unpaired) electrons. The summed E-state index contributed by atoms with van der Waals surface area (Å²) >= 11 is 0. The van der Waals surface area contributed by atoms with Crippen LogP contribution in [0.5, 0.6) is 11.5 Å². The first-order valence-corrected chi connectivity index (χ1v) is 10.2. The zero-order valence-electron chi connectivity index (χ0n) is 17.9. The maximum absolute atomic E-state index is 13.3. The number of nitrogens with zero attached hydrogens (tertiary/aromatic N) is 1. The fourth-order valence-corrected chi connectivity index (χ4v) is 3.51. The molecular formula is C25H19F3N2O4. The van der Waals surface area contributed by atoms with Gasteiger partial charge in [0.15, 0.2) is 0 Å². The van der Waals surface area contributed by atoms with Crippen LogP contribution in [-0.2, 0) is 16.1 Å². The van der Waals surface area contributed by atoms with Gasteiger partial charge in [-0.1, -0.05) is 42.5 Å². The van der Waals surface area contributed by atoms with Crippen LogP contribution in [0.15, 0.2) is 84.6 Å². The van der Waals surface area contributed by atoms with Gasteiger partial charge >= 0.3 is 6.36 Å². The normalized spacial score (nSPS) is 13.9. The van der Waals surface area contributed by atoms with Crippen molar-refractivity contribution >= 4 is 23.1 Å². The van der Waals surface area contributed by atoms with E-state index in [4.69, 9.17) is 4.74 Å². The molecule has 1 heterocycles. The molecule has 0 saturated heterocycles. The predicted molar refractivity (Wildman–Crippen MR) is 119 cm³/mol. The van der Waals surface area contributed by atoms with Gasteiger partial charge in [-0.2, -0.15) is 0 Å². The van der Waals surface area contributed by atoms with Crippen molar-refractivity contribution in [2.75, 3.05) is 12.4 Å². The molecule has 2 amide bonds. The number of rotatable bonds is 7. The Morgan fingerprint density at radius 1 is 0.824 bits per heavy atom. The molecule has 0 fully saturated rings. The van der Waals surface area contributed by atoms with Gasteiger partial charge in [0.2, 0.25) is 0 Å². The van der Waals surface area contributed by atoms with E-state index in [9.17, 15) is 22.8 Å². The average molecular weight is 468 g/mol. The zero-order valence-corrected chi connectivity index (χ0v) is 17.9. The standard InChI is InChI=1S/C25H19F3N2O4/c1-33-19-11-7-17(8-12-19)21-22(29-18-9-13-20(14-10-18)34-25(26,27)28)24(32)30(23(21)31)15-16-5-3-2-4-6-16/h2-14,29H,15H2,1H3. The number of methoxy groups -OCH3 is 1. The van der Waals surface area contributed by atoms with Crippen molar-refractivity contribution in [3.05, 3.63) is 95.7 Å². The second kappa shape index (κ2) is 9.30. The highest BCUT2D eigenvalue weighted by Crippen LogP contribution is 2.33. The number of amides is 2. The first-order chi connectivity index (χ1) is 16.2. The minimum absolute atomic E-state index is 0.0237. The summed E-state index contributed by atoms with van der Waals surface area (Å²) in [6.07, 6.45) is -4.81. The van der Waals surface area contributed by atoms with E-state index in [-0.39, 0.29) is 17.8 Å². The van der Waals surface area contributed by atoms with E-state index in [0.717, 1.165) is 22.6 Å². The molecule has 0 bridgehead atoms. The van der Waals surface area contributed by atoms with Gasteiger partial charge in [-0.05, 0) is 47.5 Å². The molecule has 1 aliphatic heterocycles. The minimum Gasteiger partial charge on any atom is -0.497 e. The smallest absolute Gasteiger partial charge is 0.497 e. The summed E-state index contributed by atoms with van der Waals surface area (Å²) in [6, 6.07) is 20.6. The highest BCUT2D eigenvalue weighted by atomic mass is 19.4. The van der Waals surface area contributed by atoms with Crippen LogP contribution >= 0.6 is 0 Å². The molecule has 0 aliphatic carbocycles. The Bertz CT molecular complexity index is 1220. The number of halogens is 3. The molecular weight excluding hydrogens is 449 g/mol. The summed E-state index contributed by atoms with van der Waals surface area (Å²) in [5.74, 6) is -0.854. The summed E-state index contributed by atoms with van der Waals surface area (Å²) < 4.78 is 46.4. The van der Waals surface area contributed by atoms with Crippen LogP contribution in [0.4, 0.5) is 18.9 Å². The number of hydrogen-bond donors (Lipinski definition) is 1. The maximum Gasteiger partial charge on any atom is 0.573 e. The number of carbonyl (C=O) groups is 2. The Hall–Kier alpha value is -4.27. The quantitative estimate of drug-likeness (QED) is 0.495. The lowest BCUT2D eigenvalue weighted by atomic mass is 10.0. The SMILES string of the molecule is COc1ccc(C2=C(Nc3ccc(OC(F)(F)F)cc3)C(=O)N(Cc3ccccc3)C2=O)cc1. The van der Waals surface area contributed by atoms with Gasteiger partial charge in [0.1, 0.15) is 17.2 Å². The van der Waals surface area contributed by atoms with Crippen molar-refractivity contribution < 1.29 is 32.2 Å². The van der Waals surface area contributed by atoms with E-state index in [1.165, 1.54) is 19.2 Å². The first kappa shape index (κ1) is 22.9. The van der Waals surface area contributed by atoms with Gasteiger partial charge in [0, 0.05) is 5.69 Å². The Labute approximate surface area is 193 Å². The lowest BCUT2D eigenvalue weighted by Gasteiger charge is -2.15. The molecule has 6 nitrogen and oxygen atoms in total. The van der Waals surface area contributed by atoms with Crippen LogP contribution in [0.2, 0.25) is 0 Å². The number of anilines is 1. The van der Waals surface area contributed by atoms with Crippen LogP contribution in [0.3, 0.4) is 0 Å². The third-order valence-corrected chi connectivity index (χ3v) is 5.09. The van der Waals surface area contributed by atoms with Gasteiger partial charge < -0.3 is 14.8 Å². The monoisotopic (exact) mass is 468 g/mol. The highest BCUT2D eigenvalue weighted by Gasteiger charge is 2.39. The Kier molecular flexibility index (Phi) is 6.27. The Morgan fingerprint density at radius 2 is 1.44 bits per heavy atom. The van der Waals surface area contributed by atoms with E-state index in [1.54, 1.807) is 36.4 Å². The van der Waals surface area contributed by atoms with Gasteiger partial charge in [-0.3, -0.25) is 14.5 Å². The van der Waals surface area contributed by atoms with Crippen molar-refractivity contribution in [2.24, 2.45) is 0 Å². The van der Waals surface area contributed by atoms with Gasteiger partial charge in [0.25, 0.3) is 11.8 Å². The summed E-state index contributed by atoms with van der Waals surface area (Å²) in [4.78, 5) is 27.7. The van der Waals surface area contributed by atoms with Crippen molar-refractivity contribution in [3.8, 4) is 11.5 Å². The van der Waals surface area contributed by atoms with E-state index < -0.39 is 23.9 Å². The number of nitrogens with one attached hydrogen (secondary N) is 1. The van der Waals surface area contributed by atoms with Crippen LogP contribution in [-0.4, -0.2) is 30.2 Å². The fraction of sp³-hybridized carbons (Fsp3) is 0.120. The van der Waals surface area contributed by atoms with Crippen molar-refractivity contribution in [1.29, 1.82) is 0 Å². The molecule has 4 rings (SSSR count). The van der Waals surface area contributed by atoms with Crippen LogP contribution in [0.1, 0.15) is 11.1 Å². The Morgan fingerprint density at radius 3 is 2.03 bits per heavy atom. The molecule has 1 aliphatic rings. The van der Waals surface area contributed by atoms with Crippen molar-refractivity contribution in [3.63, 3.8) is 0 Å². The second-order valence-corrected chi connectivity index (χ2v) is 7.36. The maximum atomic E-state index is 13.3. The van der Waals surface area contributed by atoms with E-state index in [1.807, 2.05) is 18.2 Å².